The second kappa shape index (κ2) is 8.00. The van der Waals surface area contributed by atoms with E-state index in [2.05, 4.69) is 15.6 Å². The van der Waals surface area contributed by atoms with Crippen molar-refractivity contribution in [1.29, 1.82) is 0 Å². The molecule has 0 saturated heterocycles. The van der Waals surface area contributed by atoms with Crippen molar-refractivity contribution in [3.8, 4) is 0 Å². The highest BCUT2D eigenvalue weighted by molar-refractivity contribution is 6.31. The van der Waals surface area contributed by atoms with Crippen LogP contribution in [0.5, 0.6) is 0 Å². The van der Waals surface area contributed by atoms with E-state index < -0.39 is 5.72 Å². The number of benzene rings is 2. The fraction of sp³-hybridized carbons (Fsp3) is 0.250. The molecule has 1 aliphatic heterocycles. The van der Waals surface area contributed by atoms with Gasteiger partial charge in [0.1, 0.15) is 0 Å². The highest BCUT2D eigenvalue weighted by Crippen LogP contribution is 2.29. The molecule has 2 N–H and O–H groups in total. The molecule has 2 amide bonds. The first-order chi connectivity index (χ1) is 13.2. The number of carbonyl (C=O) groups is 2. The van der Waals surface area contributed by atoms with Crippen molar-refractivity contribution in [3.05, 3.63) is 59.1 Å². The van der Waals surface area contributed by atoms with Gasteiger partial charge in [-0.15, -0.1) is 0 Å². The van der Waals surface area contributed by atoms with Crippen molar-refractivity contribution in [2.24, 2.45) is 4.99 Å². The number of nitrogens with one attached hydrogen (secondary N) is 2. The lowest BCUT2D eigenvalue weighted by atomic mass is 10.1. The SMILES string of the molecule is CC(=O)Nc1cccc(NC(=O)CC2(C)N=C(c3cccc(Cl)c3)N(C)O2)c1. The summed E-state index contributed by atoms with van der Waals surface area (Å²) in [4.78, 5) is 34.1. The van der Waals surface area contributed by atoms with Crippen LogP contribution >= 0.6 is 11.6 Å². The van der Waals surface area contributed by atoms with Crippen LogP contribution in [0.25, 0.3) is 0 Å². The number of amides is 2. The highest BCUT2D eigenvalue weighted by Gasteiger charge is 2.37. The number of hydroxylamine groups is 2. The zero-order chi connectivity index (χ0) is 20.3. The Kier molecular flexibility index (Phi) is 5.67. The van der Waals surface area contributed by atoms with Crippen LogP contribution in [0.1, 0.15) is 25.8 Å². The summed E-state index contributed by atoms with van der Waals surface area (Å²) in [5.41, 5.74) is 0.952. The maximum atomic E-state index is 12.5. The Labute approximate surface area is 168 Å². The third-order valence-corrected chi connectivity index (χ3v) is 4.25. The van der Waals surface area contributed by atoms with E-state index in [0.29, 0.717) is 22.2 Å². The van der Waals surface area contributed by atoms with Gasteiger partial charge in [-0.1, -0.05) is 29.8 Å². The Morgan fingerprint density at radius 2 is 1.82 bits per heavy atom. The Hall–Kier alpha value is -2.90. The van der Waals surface area contributed by atoms with Crippen molar-refractivity contribution in [2.75, 3.05) is 17.7 Å². The van der Waals surface area contributed by atoms with Crippen LogP contribution < -0.4 is 10.6 Å². The van der Waals surface area contributed by atoms with Crippen molar-refractivity contribution >= 4 is 40.6 Å². The normalized spacial score (nSPS) is 18.6. The molecular formula is C20H21ClN4O3. The van der Waals surface area contributed by atoms with Crippen molar-refractivity contribution < 1.29 is 14.4 Å². The lowest BCUT2D eigenvalue weighted by Crippen LogP contribution is -2.32. The van der Waals surface area contributed by atoms with Gasteiger partial charge < -0.3 is 10.6 Å². The summed E-state index contributed by atoms with van der Waals surface area (Å²) in [6.07, 6.45) is 0.0196. The van der Waals surface area contributed by atoms with Gasteiger partial charge in [0, 0.05) is 35.9 Å². The molecule has 0 aliphatic carbocycles. The van der Waals surface area contributed by atoms with Gasteiger partial charge in [0.15, 0.2) is 11.6 Å². The molecule has 1 heterocycles. The van der Waals surface area contributed by atoms with E-state index in [4.69, 9.17) is 16.4 Å². The summed E-state index contributed by atoms with van der Waals surface area (Å²) in [5.74, 6) is 0.165. The van der Waals surface area contributed by atoms with E-state index in [0.717, 1.165) is 5.56 Å². The second-order valence-electron chi connectivity index (χ2n) is 6.70. The average Bonchev–Trinajstić information content (AvgIpc) is 2.88. The topological polar surface area (TPSA) is 83.0 Å². The summed E-state index contributed by atoms with van der Waals surface area (Å²) in [6.45, 7) is 3.17. The molecule has 0 fully saturated rings. The molecule has 1 atom stereocenters. The molecule has 7 nitrogen and oxygen atoms in total. The van der Waals surface area contributed by atoms with Crippen molar-refractivity contribution in [1.82, 2.24) is 5.06 Å². The maximum Gasteiger partial charge on any atom is 0.229 e. The largest absolute Gasteiger partial charge is 0.326 e. The van der Waals surface area contributed by atoms with Gasteiger partial charge in [-0.3, -0.25) is 9.59 Å². The molecule has 0 aromatic heterocycles. The van der Waals surface area contributed by atoms with Crippen LogP contribution in [-0.2, 0) is 14.4 Å². The van der Waals surface area contributed by atoms with Gasteiger partial charge in [0.05, 0.1) is 6.42 Å². The quantitative estimate of drug-likeness (QED) is 0.802. The Bertz CT molecular complexity index is 947. The van der Waals surface area contributed by atoms with E-state index in [1.54, 1.807) is 50.4 Å². The average molecular weight is 401 g/mol. The monoisotopic (exact) mass is 400 g/mol. The second-order valence-corrected chi connectivity index (χ2v) is 7.13. The minimum absolute atomic E-state index is 0.0196. The van der Waals surface area contributed by atoms with E-state index in [1.807, 2.05) is 12.1 Å². The van der Waals surface area contributed by atoms with Gasteiger partial charge in [-0.05, 0) is 37.3 Å². The number of hydrogen-bond acceptors (Lipinski definition) is 5. The van der Waals surface area contributed by atoms with Crippen LogP contribution in [0, 0.1) is 0 Å². The molecular weight excluding hydrogens is 380 g/mol. The zero-order valence-corrected chi connectivity index (χ0v) is 16.6. The third kappa shape index (κ3) is 4.88. The molecule has 0 radical (unpaired) electrons. The summed E-state index contributed by atoms with van der Waals surface area (Å²) >= 11 is 6.06. The predicted octanol–water partition coefficient (Wildman–Crippen LogP) is 3.67. The van der Waals surface area contributed by atoms with Crippen LogP contribution in [0.2, 0.25) is 5.02 Å². The fourth-order valence-electron chi connectivity index (χ4n) is 2.98. The van der Waals surface area contributed by atoms with Gasteiger partial charge in [-0.2, -0.15) is 0 Å². The molecule has 8 heteroatoms. The van der Waals surface area contributed by atoms with Crippen LogP contribution in [0.15, 0.2) is 53.5 Å². The number of halogens is 1. The van der Waals surface area contributed by atoms with Gasteiger partial charge in [0.25, 0.3) is 0 Å². The van der Waals surface area contributed by atoms with Gasteiger partial charge in [0.2, 0.25) is 11.8 Å². The molecule has 2 aromatic rings. The lowest BCUT2D eigenvalue weighted by Gasteiger charge is -2.21. The summed E-state index contributed by atoms with van der Waals surface area (Å²) < 4.78 is 0. The number of aliphatic imine (C=N–C) groups is 1. The standard InChI is InChI=1S/C20H21ClN4O3/c1-13(26)22-16-8-5-9-17(11-16)23-18(27)12-20(2)24-19(25(3)28-20)14-6-4-7-15(21)10-14/h4-11H,12H2,1-3H3,(H,22,26)(H,23,27). The number of hydrogen-bond donors (Lipinski definition) is 2. The van der Waals surface area contributed by atoms with Crippen LogP contribution in [0.4, 0.5) is 11.4 Å². The molecule has 0 bridgehead atoms. The first kappa shape index (κ1) is 19.9. The highest BCUT2D eigenvalue weighted by atomic mass is 35.5. The van der Waals surface area contributed by atoms with E-state index in [9.17, 15) is 9.59 Å². The van der Waals surface area contributed by atoms with Crippen molar-refractivity contribution in [3.63, 3.8) is 0 Å². The van der Waals surface area contributed by atoms with E-state index in [1.165, 1.54) is 12.0 Å². The Morgan fingerprint density at radius 1 is 1.14 bits per heavy atom. The van der Waals surface area contributed by atoms with Gasteiger partial charge in [-0.25, -0.2) is 14.9 Å². The molecule has 28 heavy (non-hydrogen) atoms. The minimum atomic E-state index is -1.04. The van der Waals surface area contributed by atoms with E-state index in [-0.39, 0.29) is 18.2 Å². The first-order valence-electron chi connectivity index (χ1n) is 8.70. The maximum absolute atomic E-state index is 12.5. The summed E-state index contributed by atoms with van der Waals surface area (Å²) in [7, 11) is 1.74. The number of carbonyl (C=O) groups excluding carboxylic acids is 2. The third-order valence-electron chi connectivity index (χ3n) is 4.01. The number of anilines is 2. The lowest BCUT2D eigenvalue weighted by molar-refractivity contribution is -0.164. The first-order valence-corrected chi connectivity index (χ1v) is 9.08. The Morgan fingerprint density at radius 3 is 2.50 bits per heavy atom. The molecule has 1 unspecified atom stereocenters. The molecule has 1 aliphatic rings. The minimum Gasteiger partial charge on any atom is -0.326 e. The predicted molar refractivity (Wildman–Crippen MR) is 109 cm³/mol. The Balaban J connectivity index is 1.71. The zero-order valence-electron chi connectivity index (χ0n) is 15.8. The van der Waals surface area contributed by atoms with Crippen molar-refractivity contribution in [2.45, 2.75) is 26.0 Å². The van der Waals surface area contributed by atoms with Crippen LogP contribution in [0.3, 0.4) is 0 Å². The summed E-state index contributed by atoms with van der Waals surface area (Å²) in [6, 6.07) is 14.2. The smallest absolute Gasteiger partial charge is 0.229 e. The van der Waals surface area contributed by atoms with Crippen LogP contribution in [-0.4, -0.2) is 35.5 Å². The van der Waals surface area contributed by atoms with Gasteiger partial charge >= 0.3 is 0 Å². The molecule has 3 rings (SSSR count). The molecule has 0 saturated carbocycles. The summed E-state index contributed by atoms with van der Waals surface area (Å²) in [5, 5.41) is 7.62. The number of nitrogens with zero attached hydrogens (tertiary/aromatic N) is 2. The fourth-order valence-corrected chi connectivity index (χ4v) is 3.17. The molecule has 146 valence electrons. The number of rotatable bonds is 5. The number of amidine groups is 1. The van der Waals surface area contributed by atoms with E-state index >= 15 is 0 Å². The molecule has 0 spiro atoms. The molecule has 2 aromatic carbocycles.